The third-order valence-electron chi connectivity index (χ3n) is 4.67. The molecule has 3 aliphatic rings. The molecule has 0 aromatic carbocycles. The second-order valence-corrected chi connectivity index (χ2v) is 6.42. The number of urea groups is 1. The second-order valence-electron chi connectivity index (χ2n) is 6.42. The van der Waals surface area contributed by atoms with Crippen molar-refractivity contribution in [3.8, 4) is 0 Å². The molecule has 0 aromatic rings. The maximum absolute atomic E-state index is 12.4. The highest BCUT2D eigenvalue weighted by atomic mass is 16.2. The van der Waals surface area contributed by atoms with Crippen LogP contribution in [-0.2, 0) is 4.79 Å². The fraction of sp³-hybridized carbons (Fsp3) is 0.867. The first-order valence-corrected chi connectivity index (χ1v) is 8.11. The summed E-state index contributed by atoms with van der Waals surface area (Å²) in [5, 5.41) is 6.15. The summed E-state index contributed by atoms with van der Waals surface area (Å²) in [5.41, 5.74) is 0. The van der Waals surface area contributed by atoms with Gasteiger partial charge in [-0.3, -0.25) is 4.79 Å². The van der Waals surface area contributed by atoms with Gasteiger partial charge >= 0.3 is 6.03 Å². The summed E-state index contributed by atoms with van der Waals surface area (Å²) in [6, 6.07) is 0.375. The highest BCUT2D eigenvalue weighted by molar-refractivity contribution is 5.88. The molecule has 0 spiro atoms. The van der Waals surface area contributed by atoms with Crippen molar-refractivity contribution in [3.63, 3.8) is 0 Å². The average Bonchev–Trinajstić information content (AvgIpc) is 3.12. The lowest BCUT2D eigenvalue weighted by molar-refractivity contribution is -0.125. The van der Waals surface area contributed by atoms with E-state index in [2.05, 4.69) is 10.6 Å². The molecule has 1 heterocycles. The number of carbonyl (C=O) groups is 2. The Bertz CT molecular complexity index is 375. The zero-order chi connectivity index (χ0) is 13.9. The number of nitrogens with zero attached hydrogens (tertiary/aromatic N) is 1. The monoisotopic (exact) mass is 279 g/mol. The number of hydrogen-bond donors (Lipinski definition) is 2. The van der Waals surface area contributed by atoms with Crippen molar-refractivity contribution >= 4 is 11.9 Å². The van der Waals surface area contributed by atoms with Gasteiger partial charge < -0.3 is 15.5 Å². The molecule has 5 nitrogen and oxygen atoms in total. The summed E-state index contributed by atoms with van der Waals surface area (Å²) in [5.74, 6) is 0.0559. The van der Waals surface area contributed by atoms with Crippen molar-refractivity contribution in [2.24, 2.45) is 0 Å². The summed E-state index contributed by atoms with van der Waals surface area (Å²) in [6.45, 7) is 0.710. The first-order chi connectivity index (χ1) is 9.74. The molecule has 3 rings (SSSR count). The molecule has 0 radical (unpaired) electrons. The molecule has 0 aromatic heterocycles. The van der Waals surface area contributed by atoms with Crippen LogP contribution in [0.3, 0.4) is 0 Å². The Morgan fingerprint density at radius 1 is 0.800 bits per heavy atom. The third kappa shape index (κ3) is 3.25. The van der Waals surface area contributed by atoms with E-state index in [4.69, 9.17) is 0 Å². The summed E-state index contributed by atoms with van der Waals surface area (Å²) in [4.78, 5) is 26.3. The van der Waals surface area contributed by atoms with Crippen LogP contribution in [0.4, 0.5) is 4.79 Å². The zero-order valence-electron chi connectivity index (χ0n) is 12.1. The van der Waals surface area contributed by atoms with E-state index in [9.17, 15) is 9.59 Å². The molecule has 0 unspecified atom stereocenters. The van der Waals surface area contributed by atoms with E-state index in [-0.39, 0.29) is 18.0 Å². The lowest BCUT2D eigenvalue weighted by Crippen LogP contribution is -2.52. The normalized spacial score (nSPS) is 27.4. The topological polar surface area (TPSA) is 61.4 Å². The van der Waals surface area contributed by atoms with E-state index in [0.29, 0.717) is 18.6 Å². The molecule has 3 amide bonds. The number of amides is 3. The van der Waals surface area contributed by atoms with E-state index in [0.717, 1.165) is 38.5 Å². The maximum atomic E-state index is 12.4. The molecule has 2 saturated carbocycles. The highest BCUT2D eigenvalue weighted by Crippen LogP contribution is 2.23. The van der Waals surface area contributed by atoms with Crippen molar-refractivity contribution in [3.05, 3.63) is 0 Å². The Labute approximate surface area is 120 Å². The summed E-state index contributed by atoms with van der Waals surface area (Å²) < 4.78 is 0. The number of carbonyl (C=O) groups excluding carboxylic acids is 2. The predicted octanol–water partition coefficient (Wildman–Crippen LogP) is 1.77. The Morgan fingerprint density at radius 2 is 1.50 bits per heavy atom. The van der Waals surface area contributed by atoms with Gasteiger partial charge in [-0.1, -0.05) is 19.3 Å². The minimum atomic E-state index is -0.254. The van der Waals surface area contributed by atoms with Gasteiger partial charge in [-0.2, -0.15) is 0 Å². The summed E-state index contributed by atoms with van der Waals surface area (Å²) in [7, 11) is 0. The van der Waals surface area contributed by atoms with Crippen molar-refractivity contribution in [1.29, 1.82) is 0 Å². The van der Waals surface area contributed by atoms with Crippen LogP contribution in [0.25, 0.3) is 0 Å². The molecule has 1 aliphatic heterocycles. The van der Waals surface area contributed by atoms with Crippen LogP contribution in [0.1, 0.15) is 57.8 Å². The van der Waals surface area contributed by atoms with Gasteiger partial charge in [0.15, 0.2) is 0 Å². The Hall–Kier alpha value is -1.26. The molecule has 20 heavy (non-hydrogen) atoms. The molecule has 2 N–H and O–H groups in total. The molecule has 3 fully saturated rings. The Balaban J connectivity index is 1.53. The van der Waals surface area contributed by atoms with Crippen molar-refractivity contribution in [2.45, 2.75) is 75.9 Å². The number of rotatable bonds is 3. The lowest BCUT2D eigenvalue weighted by Gasteiger charge is -2.28. The first-order valence-electron chi connectivity index (χ1n) is 8.11. The highest BCUT2D eigenvalue weighted by Gasteiger charge is 2.36. The van der Waals surface area contributed by atoms with Crippen molar-refractivity contribution in [1.82, 2.24) is 15.5 Å². The molecule has 1 atom stereocenters. The minimum Gasteiger partial charge on any atom is -0.352 e. The number of likely N-dealkylation sites (tertiary alicyclic amines) is 1. The van der Waals surface area contributed by atoms with Gasteiger partial charge in [0.25, 0.3) is 0 Å². The Morgan fingerprint density at radius 3 is 2.20 bits per heavy atom. The van der Waals surface area contributed by atoms with Crippen LogP contribution in [0, 0.1) is 0 Å². The van der Waals surface area contributed by atoms with Gasteiger partial charge in [0, 0.05) is 18.6 Å². The van der Waals surface area contributed by atoms with Crippen molar-refractivity contribution in [2.75, 3.05) is 6.54 Å². The molecular weight excluding hydrogens is 254 g/mol. The van der Waals surface area contributed by atoms with E-state index >= 15 is 0 Å². The Kier molecular flexibility index (Phi) is 4.13. The largest absolute Gasteiger partial charge is 0.352 e. The van der Waals surface area contributed by atoms with Gasteiger partial charge in [0.05, 0.1) is 0 Å². The molecule has 2 aliphatic carbocycles. The smallest absolute Gasteiger partial charge is 0.318 e. The van der Waals surface area contributed by atoms with Crippen LogP contribution in [0.5, 0.6) is 0 Å². The molecule has 5 heteroatoms. The number of nitrogens with one attached hydrogen (secondary N) is 2. The first kappa shape index (κ1) is 13.7. The summed E-state index contributed by atoms with van der Waals surface area (Å²) >= 11 is 0. The van der Waals surface area contributed by atoms with Crippen LogP contribution >= 0.6 is 0 Å². The van der Waals surface area contributed by atoms with Crippen LogP contribution in [0.15, 0.2) is 0 Å². The second kappa shape index (κ2) is 6.02. The van der Waals surface area contributed by atoms with Crippen molar-refractivity contribution < 1.29 is 9.59 Å². The van der Waals surface area contributed by atoms with Gasteiger partial charge in [-0.25, -0.2) is 4.79 Å². The molecule has 1 saturated heterocycles. The predicted molar refractivity (Wildman–Crippen MR) is 76.3 cm³/mol. The van der Waals surface area contributed by atoms with Gasteiger partial charge in [0.1, 0.15) is 6.04 Å². The molecular formula is C15H25N3O2. The van der Waals surface area contributed by atoms with Crippen LogP contribution in [-0.4, -0.2) is 41.5 Å². The fourth-order valence-electron chi connectivity index (χ4n) is 3.31. The van der Waals surface area contributed by atoms with Gasteiger partial charge in [-0.05, 0) is 38.5 Å². The average molecular weight is 279 g/mol. The zero-order valence-corrected chi connectivity index (χ0v) is 12.1. The van der Waals surface area contributed by atoms with E-state index in [1.165, 1.54) is 19.3 Å². The third-order valence-corrected chi connectivity index (χ3v) is 4.67. The van der Waals surface area contributed by atoms with Crippen LogP contribution in [0.2, 0.25) is 0 Å². The maximum Gasteiger partial charge on any atom is 0.318 e. The van der Waals surface area contributed by atoms with E-state index < -0.39 is 0 Å². The summed E-state index contributed by atoms with van der Waals surface area (Å²) in [6.07, 6.45) is 9.78. The minimum absolute atomic E-state index is 0.0474. The standard InChI is InChI=1S/C15H25N3O2/c19-14(16-11-5-2-1-3-6-11)13-7-4-10-18(13)15(20)17-12-8-9-12/h11-13H,1-10H2,(H,16,19)(H,17,20)/t13-/m0/s1. The molecule has 112 valence electrons. The SMILES string of the molecule is O=C(NC1CCCCC1)[C@@H]1CCCN1C(=O)NC1CC1. The fourth-order valence-corrected chi connectivity index (χ4v) is 3.31. The molecule has 0 bridgehead atoms. The van der Waals surface area contributed by atoms with Gasteiger partial charge in [-0.15, -0.1) is 0 Å². The van der Waals surface area contributed by atoms with Gasteiger partial charge in [0.2, 0.25) is 5.91 Å². The van der Waals surface area contributed by atoms with Crippen LogP contribution < -0.4 is 10.6 Å². The lowest BCUT2D eigenvalue weighted by atomic mass is 9.95. The van der Waals surface area contributed by atoms with E-state index in [1.54, 1.807) is 4.90 Å². The quantitative estimate of drug-likeness (QED) is 0.827. The number of hydrogen-bond acceptors (Lipinski definition) is 2. The van der Waals surface area contributed by atoms with E-state index in [1.807, 2.05) is 0 Å².